The molecule has 20 heavy (non-hydrogen) atoms. The maximum atomic E-state index is 12.1. The fourth-order valence-electron chi connectivity index (χ4n) is 2.97. The molecule has 0 unspecified atom stereocenters. The summed E-state index contributed by atoms with van der Waals surface area (Å²) in [5.41, 5.74) is 1.26. The smallest absolute Gasteiger partial charge is 0.154 e. The summed E-state index contributed by atoms with van der Waals surface area (Å²) in [5, 5.41) is 3.33. The summed E-state index contributed by atoms with van der Waals surface area (Å²) in [6.45, 7) is 5.71. The fraction of sp³-hybridized carbons (Fsp3) is 0.625. The van der Waals surface area contributed by atoms with Gasteiger partial charge in [-0.15, -0.1) is 0 Å². The van der Waals surface area contributed by atoms with Gasteiger partial charge in [0, 0.05) is 12.8 Å². The summed E-state index contributed by atoms with van der Waals surface area (Å²) < 4.78 is 23.7. The Morgan fingerprint density at radius 2 is 1.85 bits per heavy atom. The highest BCUT2D eigenvalue weighted by Crippen LogP contribution is 2.48. The van der Waals surface area contributed by atoms with Gasteiger partial charge in [-0.05, 0) is 36.8 Å². The standard InChI is InChI=1S/C16H25NO2S/c1-13(2)11-17-12-16(20(3,18)19)9-15(10-16)14-7-5-4-6-8-14/h4-8,13,15,17H,9-12H2,1-3H3. The number of sulfone groups is 1. The molecule has 1 aromatic rings. The van der Waals surface area contributed by atoms with E-state index in [1.807, 2.05) is 18.2 Å². The fourth-order valence-corrected chi connectivity index (χ4v) is 4.34. The van der Waals surface area contributed by atoms with Crippen LogP contribution >= 0.6 is 0 Å². The van der Waals surface area contributed by atoms with Gasteiger partial charge in [0.2, 0.25) is 0 Å². The van der Waals surface area contributed by atoms with Crippen molar-refractivity contribution < 1.29 is 8.42 Å². The molecule has 4 heteroatoms. The monoisotopic (exact) mass is 295 g/mol. The molecule has 1 aromatic carbocycles. The third-order valence-corrected chi connectivity index (χ3v) is 6.34. The molecule has 0 atom stereocenters. The molecule has 2 rings (SSSR count). The first-order chi connectivity index (χ1) is 9.34. The van der Waals surface area contributed by atoms with E-state index < -0.39 is 14.6 Å². The number of nitrogens with one attached hydrogen (secondary N) is 1. The second-order valence-electron chi connectivity index (χ2n) is 6.50. The Hall–Kier alpha value is -0.870. The molecule has 0 bridgehead atoms. The van der Waals surface area contributed by atoms with Gasteiger partial charge in [-0.25, -0.2) is 8.42 Å². The molecule has 1 aliphatic carbocycles. The summed E-state index contributed by atoms with van der Waals surface area (Å²) in [6, 6.07) is 10.2. The lowest BCUT2D eigenvalue weighted by atomic mass is 9.70. The molecule has 1 saturated carbocycles. The average Bonchev–Trinajstić information content (AvgIpc) is 2.31. The summed E-state index contributed by atoms with van der Waals surface area (Å²) >= 11 is 0. The van der Waals surface area contributed by atoms with Crippen LogP contribution in [0.3, 0.4) is 0 Å². The van der Waals surface area contributed by atoms with Crippen LogP contribution < -0.4 is 5.32 Å². The van der Waals surface area contributed by atoms with Gasteiger partial charge in [-0.1, -0.05) is 44.2 Å². The van der Waals surface area contributed by atoms with Crippen molar-refractivity contribution in [2.75, 3.05) is 19.3 Å². The molecule has 0 saturated heterocycles. The molecule has 1 aliphatic rings. The second kappa shape index (κ2) is 5.86. The molecule has 1 fully saturated rings. The van der Waals surface area contributed by atoms with E-state index in [0.29, 0.717) is 18.4 Å². The second-order valence-corrected chi connectivity index (χ2v) is 8.91. The van der Waals surface area contributed by atoms with E-state index >= 15 is 0 Å². The summed E-state index contributed by atoms with van der Waals surface area (Å²) in [5.74, 6) is 0.920. The SMILES string of the molecule is CC(C)CNCC1(S(C)(=O)=O)CC(c2ccccc2)C1. The van der Waals surface area contributed by atoms with Crippen LogP contribution in [0.2, 0.25) is 0 Å². The molecular weight excluding hydrogens is 270 g/mol. The van der Waals surface area contributed by atoms with Crippen molar-refractivity contribution in [1.29, 1.82) is 0 Å². The van der Waals surface area contributed by atoms with Crippen LogP contribution in [0.15, 0.2) is 30.3 Å². The summed E-state index contributed by atoms with van der Waals surface area (Å²) in [4.78, 5) is 0. The molecule has 0 aromatic heterocycles. The zero-order chi connectivity index (χ0) is 14.8. The van der Waals surface area contributed by atoms with Crippen LogP contribution in [0.4, 0.5) is 0 Å². The van der Waals surface area contributed by atoms with Gasteiger partial charge in [0.1, 0.15) is 0 Å². The molecule has 1 N–H and O–H groups in total. The van der Waals surface area contributed by atoms with Crippen LogP contribution in [-0.2, 0) is 9.84 Å². The van der Waals surface area contributed by atoms with E-state index in [0.717, 1.165) is 19.4 Å². The quantitative estimate of drug-likeness (QED) is 0.877. The van der Waals surface area contributed by atoms with Crippen LogP contribution in [0.25, 0.3) is 0 Å². The number of hydrogen-bond acceptors (Lipinski definition) is 3. The van der Waals surface area contributed by atoms with E-state index in [-0.39, 0.29) is 0 Å². The van der Waals surface area contributed by atoms with E-state index in [1.54, 1.807) is 0 Å². The molecule has 0 heterocycles. The first kappa shape index (κ1) is 15.5. The highest BCUT2D eigenvalue weighted by Gasteiger charge is 2.51. The number of benzene rings is 1. The summed E-state index contributed by atoms with van der Waals surface area (Å²) in [7, 11) is -3.03. The van der Waals surface area contributed by atoms with E-state index in [4.69, 9.17) is 0 Å². The maximum Gasteiger partial charge on any atom is 0.154 e. The minimum Gasteiger partial charge on any atom is -0.315 e. The molecule has 0 aliphatic heterocycles. The van der Waals surface area contributed by atoms with Crippen LogP contribution in [-0.4, -0.2) is 32.5 Å². The molecular formula is C16H25NO2S. The lowest BCUT2D eigenvalue weighted by molar-refractivity contribution is 0.274. The van der Waals surface area contributed by atoms with Crippen molar-refractivity contribution in [3.8, 4) is 0 Å². The van der Waals surface area contributed by atoms with E-state index in [2.05, 4.69) is 31.3 Å². The predicted octanol–water partition coefficient (Wildman–Crippen LogP) is 2.59. The highest BCUT2D eigenvalue weighted by atomic mass is 32.2. The number of hydrogen-bond donors (Lipinski definition) is 1. The van der Waals surface area contributed by atoms with Crippen molar-refractivity contribution in [2.24, 2.45) is 5.92 Å². The first-order valence-electron chi connectivity index (χ1n) is 7.29. The van der Waals surface area contributed by atoms with Crippen LogP contribution in [0, 0.1) is 5.92 Å². The van der Waals surface area contributed by atoms with Crippen molar-refractivity contribution in [3.05, 3.63) is 35.9 Å². The molecule has 3 nitrogen and oxygen atoms in total. The van der Waals surface area contributed by atoms with Crippen molar-refractivity contribution in [1.82, 2.24) is 5.32 Å². The zero-order valence-corrected chi connectivity index (χ0v) is 13.4. The molecule has 0 amide bonds. The lowest BCUT2D eigenvalue weighted by Gasteiger charge is -2.46. The molecule has 0 radical (unpaired) electrons. The van der Waals surface area contributed by atoms with Crippen LogP contribution in [0.1, 0.15) is 38.2 Å². The highest BCUT2D eigenvalue weighted by molar-refractivity contribution is 7.92. The molecule has 112 valence electrons. The van der Waals surface area contributed by atoms with Crippen LogP contribution in [0.5, 0.6) is 0 Å². The summed E-state index contributed by atoms with van der Waals surface area (Å²) in [6.07, 6.45) is 2.85. The minimum absolute atomic E-state index is 0.381. The predicted molar refractivity (Wildman–Crippen MR) is 83.7 cm³/mol. The van der Waals surface area contributed by atoms with Gasteiger partial charge in [-0.2, -0.15) is 0 Å². The van der Waals surface area contributed by atoms with E-state index in [9.17, 15) is 8.42 Å². The Kier molecular flexibility index (Phi) is 4.55. The third kappa shape index (κ3) is 3.23. The minimum atomic E-state index is -3.03. The average molecular weight is 295 g/mol. The molecule has 0 spiro atoms. The van der Waals surface area contributed by atoms with Crippen molar-refractivity contribution >= 4 is 9.84 Å². The zero-order valence-electron chi connectivity index (χ0n) is 12.6. The Morgan fingerprint density at radius 3 is 2.35 bits per heavy atom. The lowest BCUT2D eigenvalue weighted by Crippen LogP contribution is -2.55. The topological polar surface area (TPSA) is 46.2 Å². The van der Waals surface area contributed by atoms with Crippen molar-refractivity contribution in [3.63, 3.8) is 0 Å². The Bertz CT molecular complexity index is 531. The van der Waals surface area contributed by atoms with Gasteiger partial charge < -0.3 is 5.32 Å². The Morgan fingerprint density at radius 1 is 1.25 bits per heavy atom. The van der Waals surface area contributed by atoms with Gasteiger partial charge in [-0.3, -0.25) is 0 Å². The Labute approximate surface area is 122 Å². The van der Waals surface area contributed by atoms with E-state index in [1.165, 1.54) is 11.8 Å². The largest absolute Gasteiger partial charge is 0.315 e. The van der Waals surface area contributed by atoms with Gasteiger partial charge in [0.15, 0.2) is 9.84 Å². The van der Waals surface area contributed by atoms with Gasteiger partial charge in [0.05, 0.1) is 4.75 Å². The Balaban J connectivity index is 2.03. The normalized spacial score (nSPS) is 26.5. The first-order valence-corrected chi connectivity index (χ1v) is 9.18. The third-order valence-electron chi connectivity index (χ3n) is 4.29. The maximum absolute atomic E-state index is 12.1. The van der Waals surface area contributed by atoms with Gasteiger partial charge in [0.25, 0.3) is 0 Å². The van der Waals surface area contributed by atoms with Gasteiger partial charge >= 0.3 is 0 Å². The van der Waals surface area contributed by atoms with Crippen molar-refractivity contribution in [2.45, 2.75) is 37.4 Å². The number of rotatable bonds is 6.